The average molecular weight is 471 g/mol. The highest BCUT2D eigenvalue weighted by Gasteiger charge is 2.19. The van der Waals surface area contributed by atoms with Crippen molar-refractivity contribution in [2.24, 2.45) is 0 Å². The Hall–Kier alpha value is -2.85. The summed E-state index contributed by atoms with van der Waals surface area (Å²) in [5.74, 6) is 0. The summed E-state index contributed by atoms with van der Waals surface area (Å²) < 4.78 is 1.25. The average Bonchev–Trinajstić information content (AvgIpc) is 2.91. The Balaban J connectivity index is 1.62. The van der Waals surface area contributed by atoms with Gasteiger partial charge in [-0.05, 0) is 81.2 Å². The van der Waals surface area contributed by atoms with E-state index in [-0.39, 0.29) is 0 Å². The van der Waals surface area contributed by atoms with E-state index in [1.54, 1.807) is 0 Å². The van der Waals surface area contributed by atoms with Gasteiger partial charge in [0.15, 0.2) is 0 Å². The van der Waals surface area contributed by atoms with Gasteiger partial charge in [-0.2, -0.15) is 0 Å². The van der Waals surface area contributed by atoms with Crippen molar-refractivity contribution in [3.8, 4) is 11.1 Å². The summed E-state index contributed by atoms with van der Waals surface area (Å²) in [7, 11) is 0. The van der Waals surface area contributed by atoms with E-state index in [1.165, 1.54) is 37.2 Å². The van der Waals surface area contributed by atoms with Gasteiger partial charge >= 0.3 is 0 Å². The van der Waals surface area contributed by atoms with Crippen molar-refractivity contribution >= 4 is 51.8 Å². The number of benzene rings is 4. The fourth-order valence-electron chi connectivity index (χ4n) is 3.70. The first kappa shape index (κ1) is 17.3. The zero-order valence-electron chi connectivity index (χ0n) is 15.2. The summed E-state index contributed by atoms with van der Waals surface area (Å²) in [4.78, 5) is 2.35. The van der Waals surface area contributed by atoms with Crippen LogP contribution in [0, 0.1) is 3.57 Å². The van der Waals surface area contributed by atoms with Gasteiger partial charge in [0.1, 0.15) is 0 Å². The van der Waals surface area contributed by atoms with E-state index in [4.69, 9.17) is 0 Å². The van der Waals surface area contributed by atoms with Crippen LogP contribution < -0.4 is 4.90 Å². The summed E-state index contributed by atoms with van der Waals surface area (Å²) in [5, 5.41) is 0. The molecule has 0 saturated carbocycles. The molecule has 0 amide bonds. The fourth-order valence-corrected chi connectivity index (χ4v) is 4.06. The van der Waals surface area contributed by atoms with E-state index in [9.17, 15) is 0 Å². The SMILES string of the molecule is Ic1ccc(-c2ccc(N3c4ccccc4C=Cc4ccccc43)cc2)cc1. The second-order valence-electron chi connectivity index (χ2n) is 6.84. The smallest absolute Gasteiger partial charge is 0.0534 e. The Morgan fingerprint density at radius 2 is 0.964 bits per heavy atom. The monoisotopic (exact) mass is 471 g/mol. The van der Waals surface area contributed by atoms with Crippen LogP contribution in [-0.2, 0) is 0 Å². The molecule has 0 saturated heterocycles. The third-order valence-electron chi connectivity index (χ3n) is 5.10. The molecule has 0 N–H and O–H groups in total. The molecule has 134 valence electrons. The molecule has 1 heterocycles. The van der Waals surface area contributed by atoms with Crippen LogP contribution >= 0.6 is 22.6 Å². The van der Waals surface area contributed by atoms with Crippen molar-refractivity contribution in [3.63, 3.8) is 0 Å². The number of para-hydroxylation sites is 2. The molecule has 0 aliphatic carbocycles. The van der Waals surface area contributed by atoms with Gasteiger partial charge in [-0.3, -0.25) is 0 Å². The summed E-state index contributed by atoms with van der Waals surface area (Å²) in [6, 6.07) is 34.6. The van der Waals surface area contributed by atoms with Gasteiger partial charge in [-0.25, -0.2) is 0 Å². The van der Waals surface area contributed by atoms with Crippen LogP contribution in [-0.4, -0.2) is 0 Å². The molecule has 1 nitrogen and oxygen atoms in total. The third-order valence-corrected chi connectivity index (χ3v) is 5.82. The second kappa shape index (κ2) is 7.28. The Morgan fingerprint density at radius 1 is 0.500 bits per heavy atom. The third kappa shape index (κ3) is 3.14. The molecule has 0 radical (unpaired) electrons. The maximum absolute atomic E-state index is 2.35. The van der Waals surface area contributed by atoms with Gasteiger partial charge in [-0.1, -0.05) is 72.8 Å². The zero-order valence-corrected chi connectivity index (χ0v) is 17.4. The molecule has 4 aromatic rings. The van der Waals surface area contributed by atoms with E-state index in [1.807, 2.05) is 0 Å². The van der Waals surface area contributed by atoms with Crippen LogP contribution in [0.25, 0.3) is 23.3 Å². The number of halogens is 1. The van der Waals surface area contributed by atoms with Gasteiger partial charge in [0.2, 0.25) is 0 Å². The van der Waals surface area contributed by atoms with Crippen LogP contribution in [0.1, 0.15) is 11.1 Å². The molecule has 0 bridgehead atoms. The van der Waals surface area contributed by atoms with Crippen LogP contribution in [0.15, 0.2) is 97.1 Å². The van der Waals surface area contributed by atoms with Crippen molar-refractivity contribution in [2.45, 2.75) is 0 Å². The highest BCUT2D eigenvalue weighted by molar-refractivity contribution is 14.1. The molecule has 28 heavy (non-hydrogen) atoms. The van der Waals surface area contributed by atoms with Crippen molar-refractivity contribution in [2.75, 3.05) is 4.90 Å². The molecule has 0 atom stereocenters. The van der Waals surface area contributed by atoms with E-state index < -0.39 is 0 Å². The standard InChI is InChI=1S/C26H18IN/c27-23-15-11-19(12-16-23)20-13-17-24(18-14-20)28-25-7-3-1-5-21(25)9-10-22-6-2-4-8-26(22)28/h1-18H. The zero-order chi connectivity index (χ0) is 18.9. The topological polar surface area (TPSA) is 3.24 Å². The molecule has 5 rings (SSSR count). The number of nitrogens with zero attached hydrogens (tertiary/aromatic N) is 1. The Morgan fingerprint density at radius 3 is 1.50 bits per heavy atom. The van der Waals surface area contributed by atoms with E-state index in [0.717, 1.165) is 5.69 Å². The predicted molar refractivity (Wildman–Crippen MR) is 128 cm³/mol. The minimum absolute atomic E-state index is 1.16. The first-order valence-electron chi connectivity index (χ1n) is 9.32. The van der Waals surface area contributed by atoms with E-state index >= 15 is 0 Å². The van der Waals surface area contributed by atoms with Crippen molar-refractivity contribution in [3.05, 3.63) is 112 Å². The fraction of sp³-hybridized carbons (Fsp3) is 0. The minimum atomic E-state index is 1.16. The van der Waals surface area contributed by atoms with Gasteiger partial charge < -0.3 is 4.90 Å². The summed E-state index contributed by atoms with van der Waals surface area (Å²) >= 11 is 2.34. The lowest BCUT2D eigenvalue weighted by Crippen LogP contribution is -2.11. The number of rotatable bonds is 2. The maximum atomic E-state index is 2.35. The summed E-state index contributed by atoms with van der Waals surface area (Å²) in [5.41, 5.74) is 8.48. The normalized spacial score (nSPS) is 12.2. The lowest BCUT2D eigenvalue weighted by Gasteiger charge is -2.27. The highest BCUT2D eigenvalue weighted by Crippen LogP contribution is 2.42. The summed E-state index contributed by atoms with van der Waals surface area (Å²) in [6.45, 7) is 0. The van der Waals surface area contributed by atoms with Crippen molar-refractivity contribution in [1.29, 1.82) is 0 Å². The van der Waals surface area contributed by atoms with Gasteiger partial charge in [-0.15, -0.1) is 0 Å². The van der Waals surface area contributed by atoms with Gasteiger partial charge in [0.25, 0.3) is 0 Å². The number of hydrogen-bond acceptors (Lipinski definition) is 1. The Kier molecular flexibility index (Phi) is 4.49. The first-order chi connectivity index (χ1) is 13.8. The van der Waals surface area contributed by atoms with Gasteiger partial charge in [0.05, 0.1) is 11.4 Å². The quantitative estimate of drug-likeness (QED) is 0.237. The second-order valence-corrected chi connectivity index (χ2v) is 8.09. The molecular weight excluding hydrogens is 453 g/mol. The van der Waals surface area contributed by atoms with Crippen molar-refractivity contribution < 1.29 is 0 Å². The van der Waals surface area contributed by atoms with Crippen molar-refractivity contribution in [1.82, 2.24) is 0 Å². The number of hydrogen-bond donors (Lipinski definition) is 0. The number of fused-ring (bicyclic) bond motifs is 2. The molecule has 1 aliphatic rings. The lowest BCUT2D eigenvalue weighted by atomic mass is 10.0. The minimum Gasteiger partial charge on any atom is -0.309 e. The Bertz CT molecular complexity index is 1110. The Labute approximate surface area is 179 Å². The number of anilines is 3. The molecule has 0 fully saturated rings. The van der Waals surface area contributed by atoms with E-state index in [0.29, 0.717) is 0 Å². The molecule has 4 aromatic carbocycles. The molecule has 1 aliphatic heterocycles. The molecular formula is C26H18IN. The molecule has 0 spiro atoms. The predicted octanol–water partition coefficient (Wildman–Crippen LogP) is 7.91. The van der Waals surface area contributed by atoms with Crippen LogP contribution in [0.2, 0.25) is 0 Å². The lowest BCUT2D eigenvalue weighted by molar-refractivity contribution is 1.28. The summed E-state index contributed by atoms with van der Waals surface area (Å²) in [6.07, 6.45) is 4.41. The van der Waals surface area contributed by atoms with Crippen LogP contribution in [0.4, 0.5) is 17.1 Å². The highest BCUT2D eigenvalue weighted by atomic mass is 127. The van der Waals surface area contributed by atoms with E-state index in [2.05, 4.69) is 137 Å². The molecule has 0 unspecified atom stereocenters. The first-order valence-corrected chi connectivity index (χ1v) is 10.4. The van der Waals surface area contributed by atoms with Crippen LogP contribution in [0.3, 0.4) is 0 Å². The van der Waals surface area contributed by atoms with Gasteiger partial charge in [0, 0.05) is 9.26 Å². The molecule has 2 heteroatoms. The largest absolute Gasteiger partial charge is 0.309 e. The maximum Gasteiger partial charge on any atom is 0.0534 e. The molecule has 0 aromatic heterocycles. The van der Waals surface area contributed by atoms with Crippen LogP contribution in [0.5, 0.6) is 0 Å².